The quantitative estimate of drug-likeness (QED) is 0.723. The van der Waals surface area contributed by atoms with Crippen molar-refractivity contribution < 1.29 is 9.21 Å². The number of fused-ring (bicyclic) bond motifs is 1. The highest BCUT2D eigenvalue weighted by Gasteiger charge is 2.05. The van der Waals surface area contributed by atoms with E-state index in [4.69, 9.17) is 4.42 Å². The lowest BCUT2D eigenvalue weighted by atomic mass is 10.2. The normalized spacial score (nSPS) is 10.8. The number of rotatable bonds is 7. The summed E-state index contributed by atoms with van der Waals surface area (Å²) in [5.41, 5.74) is 2.07. The van der Waals surface area contributed by atoms with Gasteiger partial charge >= 0.3 is 0 Å². The van der Waals surface area contributed by atoms with E-state index in [2.05, 4.69) is 10.3 Å². The Morgan fingerprint density at radius 3 is 2.83 bits per heavy atom. The molecule has 0 fully saturated rings. The molecule has 118 valence electrons. The molecule has 3 rings (SSSR count). The third-order valence-corrected chi connectivity index (χ3v) is 4.43. The molecule has 4 nitrogen and oxygen atoms in total. The predicted molar refractivity (Wildman–Crippen MR) is 93.3 cm³/mol. The minimum Gasteiger partial charge on any atom is -0.461 e. The SMILES string of the molecule is O=C(CSCc1ccncc1)NCCc1cc2ccccc2o1. The average molecular weight is 326 g/mol. The number of hydrogen-bond donors (Lipinski definition) is 1. The van der Waals surface area contributed by atoms with Gasteiger partial charge in [0.05, 0.1) is 5.75 Å². The number of nitrogens with zero attached hydrogens (tertiary/aromatic N) is 1. The van der Waals surface area contributed by atoms with Crippen LogP contribution in [0.2, 0.25) is 0 Å². The molecule has 5 heteroatoms. The molecular weight excluding hydrogens is 308 g/mol. The van der Waals surface area contributed by atoms with E-state index in [0.29, 0.717) is 18.7 Å². The molecule has 0 atom stereocenters. The number of carbonyl (C=O) groups excluding carboxylic acids is 1. The maximum atomic E-state index is 11.8. The molecule has 2 heterocycles. The molecule has 0 aliphatic carbocycles. The van der Waals surface area contributed by atoms with Gasteiger partial charge in [0.2, 0.25) is 5.91 Å². The van der Waals surface area contributed by atoms with Crippen molar-refractivity contribution in [1.29, 1.82) is 0 Å². The van der Waals surface area contributed by atoms with Crippen LogP contribution in [0.3, 0.4) is 0 Å². The number of nitrogens with one attached hydrogen (secondary N) is 1. The van der Waals surface area contributed by atoms with Gasteiger partial charge in [-0.05, 0) is 29.8 Å². The van der Waals surface area contributed by atoms with E-state index in [-0.39, 0.29) is 5.91 Å². The Morgan fingerprint density at radius 1 is 1.17 bits per heavy atom. The third kappa shape index (κ3) is 4.60. The first-order valence-corrected chi connectivity index (χ1v) is 8.67. The van der Waals surface area contributed by atoms with Crippen LogP contribution in [0.1, 0.15) is 11.3 Å². The molecular formula is C18H18N2O2S. The minimum atomic E-state index is 0.0557. The summed E-state index contributed by atoms with van der Waals surface area (Å²) in [7, 11) is 0. The van der Waals surface area contributed by atoms with Crippen molar-refractivity contribution in [2.45, 2.75) is 12.2 Å². The molecule has 0 aliphatic rings. The van der Waals surface area contributed by atoms with Crippen LogP contribution in [0.5, 0.6) is 0 Å². The van der Waals surface area contributed by atoms with Crippen molar-refractivity contribution in [3.8, 4) is 0 Å². The van der Waals surface area contributed by atoms with Gasteiger partial charge in [0.15, 0.2) is 0 Å². The van der Waals surface area contributed by atoms with Crippen molar-refractivity contribution in [3.05, 3.63) is 66.2 Å². The summed E-state index contributed by atoms with van der Waals surface area (Å²) < 4.78 is 5.73. The van der Waals surface area contributed by atoms with E-state index in [9.17, 15) is 4.79 Å². The zero-order chi connectivity index (χ0) is 15.9. The number of benzene rings is 1. The topological polar surface area (TPSA) is 55.1 Å². The summed E-state index contributed by atoms with van der Waals surface area (Å²) in [4.78, 5) is 15.8. The first-order chi connectivity index (χ1) is 11.3. The molecule has 1 amide bonds. The first kappa shape index (κ1) is 15.6. The van der Waals surface area contributed by atoms with E-state index in [0.717, 1.165) is 22.5 Å². The highest BCUT2D eigenvalue weighted by Crippen LogP contribution is 2.18. The smallest absolute Gasteiger partial charge is 0.230 e. The fraction of sp³-hybridized carbons (Fsp3) is 0.222. The second kappa shape index (κ2) is 7.83. The Bertz CT molecular complexity index is 738. The number of pyridine rings is 1. The van der Waals surface area contributed by atoms with Crippen molar-refractivity contribution >= 4 is 28.6 Å². The Hall–Kier alpha value is -2.27. The second-order valence-corrected chi connectivity index (χ2v) is 6.18. The number of thioether (sulfide) groups is 1. The van der Waals surface area contributed by atoms with Crippen LogP contribution in [0.15, 0.2) is 59.3 Å². The standard InChI is InChI=1S/C18H18N2O2S/c21-18(13-23-12-14-5-8-19-9-6-14)20-10-7-16-11-15-3-1-2-4-17(15)22-16/h1-6,8-9,11H,7,10,12-13H2,(H,20,21). The fourth-order valence-corrected chi connectivity index (χ4v) is 3.09. The van der Waals surface area contributed by atoms with Crippen molar-refractivity contribution in [3.63, 3.8) is 0 Å². The number of para-hydroxylation sites is 1. The monoisotopic (exact) mass is 326 g/mol. The molecule has 2 aromatic heterocycles. The van der Waals surface area contributed by atoms with E-state index < -0.39 is 0 Å². The van der Waals surface area contributed by atoms with E-state index in [1.54, 1.807) is 24.2 Å². The van der Waals surface area contributed by atoms with Crippen molar-refractivity contribution in [2.75, 3.05) is 12.3 Å². The van der Waals surface area contributed by atoms with Gasteiger partial charge in [0.1, 0.15) is 11.3 Å². The maximum Gasteiger partial charge on any atom is 0.230 e. The van der Waals surface area contributed by atoms with E-state index >= 15 is 0 Å². The Labute approximate surface area is 139 Å². The summed E-state index contributed by atoms with van der Waals surface area (Å²) in [5, 5.41) is 4.03. The molecule has 0 aliphatic heterocycles. The Kier molecular flexibility index (Phi) is 5.32. The predicted octanol–water partition coefficient (Wildman–Crippen LogP) is 3.42. The molecule has 23 heavy (non-hydrogen) atoms. The van der Waals surface area contributed by atoms with Crippen LogP contribution in [-0.4, -0.2) is 23.2 Å². The Balaban J connectivity index is 1.37. The van der Waals surface area contributed by atoms with Gasteiger partial charge in [-0.1, -0.05) is 18.2 Å². The van der Waals surface area contributed by atoms with Crippen LogP contribution in [0.4, 0.5) is 0 Å². The lowest BCUT2D eigenvalue weighted by molar-refractivity contribution is -0.118. The van der Waals surface area contributed by atoms with Gasteiger partial charge in [0.25, 0.3) is 0 Å². The first-order valence-electron chi connectivity index (χ1n) is 7.52. The van der Waals surface area contributed by atoms with Gasteiger partial charge in [-0.3, -0.25) is 9.78 Å². The summed E-state index contributed by atoms with van der Waals surface area (Å²) >= 11 is 1.60. The van der Waals surface area contributed by atoms with E-state index in [1.165, 1.54) is 5.56 Å². The number of carbonyl (C=O) groups is 1. The number of amides is 1. The van der Waals surface area contributed by atoms with E-state index in [1.807, 2.05) is 42.5 Å². The van der Waals surface area contributed by atoms with Gasteiger partial charge in [-0.15, -0.1) is 11.8 Å². The van der Waals surface area contributed by atoms with Crippen LogP contribution >= 0.6 is 11.8 Å². The zero-order valence-corrected chi connectivity index (χ0v) is 13.5. The molecule has 0 spiro atoms. The van der Waals surface area contributed by atoms with Gasteiger partial charge < -0.3 is 9.73 Å². The molecule has 0 saturated carbocycles. The lowest BCUT2D eigenvalue weighted by Crippen LogP contribution is -2.27. The van der Waals surface area contributed by atoms with Crippen LogP contribution in [0, 0.1) is 0 Å². The van der Waals surface area contributed by atoms with Crippen LogP contribution < -0.4 is 5.32 Å². The van der Waals surface area contributed by atoms with Gasteiger partial charge in [0, 0.05) is 36.5 Å². The van der Waals surface area contributed by atoms with Gasteiger partial charge in [-0.2, -0.15) is 0 Å². The molecule has 0 bridgehead atoms. The number of furan rings is 1. The molecule has 1 aromatic carbocycles. The van der Waals surface area contributed by atoms with Crippen molar-refractivity contribution in [2.24, 2.45) is 0 Å². The fourth-order valence-electron chi connectivity index (χ4n) is 2.28. The summed E-state index contributed by atoms with van der Waals surface area (Å²) in [5.74, 6) is 2.23. The van der Waals surface area contributed by atoms with Crippen LogP contribution in [0.25, 0.3) is 11.0 Å². The molecule has 0 radical (unpaired) electrons. The molecule has 3 aromatic rings. The summed E-state index contributed by atoms with van der Waals surface area (Å²) in [6.45, 7) is 0.592. The largest absolute Gasteiger partial charge is 0.461 e. The van der Waals surface area contributed by atoms with Crippen LogP contribution in [-0.2, 0) is 17.0 Å². The minimum absolute atomic E-state index is 0.0557. The highest BCUT2D eigenvalue weighted by molar-refractivity contribution is 7.99. The molecule has 1 N–H and O–H groups in total. The third-order valence-electron chi connectivity index (χ3n) is 3.42. The lowest BCUT2D eigenvalue weighted by Gasteiger charge is -2.04. The number of hydrogen-bond acceptors (Lipinski definition) is 4. The van der Waals surface area contributed by atoms with Gasteiger partial charge in [-0.25, -0.2) is 0 Å². The highest BCUT2D eigenvalue weighted by atomic mass is 32.2. The molecule has 0 saturated heterocycles. The summed E-state index contributed by atoms with van der Waals surface area (Å²) in [6.07, 6.45) is 4.24. The summed E-state index contributed by atoms with van der Waals surface area (Å²) in [6, 6.07) is 13.9. The zero-order valence-electron chi connectivity index (χ0n) is 12.7. The Morgan fingerprint density at radius 2 is 2.00 bits per heavy atom. The number of aromatic nitrogens is 1. The maximum absolute atomic E-state index is 11.8. The second-order valence-electron chi connectivity index (χ2n) is 5.20. The van der Waals surface area contributed by atoms with Crippen molar-refractivity contribution in [1.82, 2.24) is 10.3 Å². The molecule has 0 unspecified atom stereocenters. The average Bonchev–Trinajstić information content (AvgIpc) is 2.98.